The number of halogens is 1. The summed E-state index contributed by atoms with van der Waals surface area (Å²) >= 11 is 2.21. The average Bonchev–Trinajstić information content (AvgIpc) is 2.99. The van der Waals surface area contributed by atoms with Gasteiger partial charge in [0.15, 0.2) is 5.13 Å². The second kappa shape index (κ2) is 7.32. The molecule has 0 saturated carbocycles. The number of thioether (sulfide) groups is 1. The zero-order valence-corrected chi connectivity index (χ0v) is 14.8. The highest BCUT2D eigenvalue weighted by Gasteiger charge is 2.29. The number of carbonyl (C=O) groups excluding carboxylic acids is 2. The number of ketones is 1. The van der Waals surface area contributed by atoms with Crippen LogP contribution in [0.3, 0.4) is 0 Å². The monoisotopic (exact) mass is 379 g/mol. The molecular formula is C16H14FN3O3S2. The molecular weight excluding hydrogens is 365 g/mol. The molecule has 25 heavy (non-hydrogen) atoms. The topological polar surface area (TPSA) is 92.2 Å². The number of fused-ring (bicyclic) bond motifs is 1. The molecule has 1 aliphatic rings. The van der Waals surface area contributed by atoms with E-state index in [1.54, 1.807) is 0 Å². The molecule has 0 aromatic carbocycles. The number of rotatable bonds is 3. The second-order valence-electron chi connectivity index (χ2n) is 5.17. The molecule has 2 aromatic rings. The van der Waals surface area contributed by atoms with E-state index in [0.717, 1.165) is 29.2 Å². The highest BCUT2D eigenvalue weighted by Crippen LogP contribution is 2.35. The van der Waals surface area contributed by atoms with E-state index in [4.69, 9.17) is 0 Å². The van der Waals surface area contributed by atoms with Gasteiger partial charge in [-0.05, 0) is 30.7 Å². The Kier molecular flexibility index (Phi) is 5.14. The number of anilines is 1. The molecule has 0 saturated heterocycles. The summed E-state index contributed by atoms with van der Waals surface area (Å²) in [5.41, 5.74) is 1.14. The summed E-state index contributed by atoms with van der Waals surface area (Å²) in [6, 6.07) is 2.49. The summed E-state index contributed by atoms with van der Waals surface area (Å²) in [7, 11) is 0. The molecule has 2 aromatic heterocycles. The van der Waals surface area contributed by atoms with E-state index in [0.29, 0.717) is 34.3 Å². The maximum absolute atomic E-state index is 12.9. The molecule has 2 N–H and O–H groups in total. The van der Waals surface area contributed by atoms with Gasteiger partial charge in [0.25, 0.3) is 5.24 Å². The molecule has 0 radical (unpaired) electrons. The van der Waals surface area contributed by atoms with Gasteiger partial charge in [-0.1, -0.05) is 30.0 Å². The zero-order valence-electron chi connectivity index (χ0n) is 13.2. The molecule has 2 heterocycles. The molecule has 1 amide bonds. The number of hydrogen-bond donors (Lipinski definition) is 2. The third kappa shape index (κ3) is 3.72. The van der Waals surface area contributed by atoms with Gasteiger partial charge in [0.1, 0.15) is 10.6 Å². The number of pyridine rings is 1. The maximum Gasteiger partial charge on any atom is 0.285 e. The van der Waals surface area contributed by atoms with E-state index in [1.165, 1.54) is 12.3 Å². The number of Topliss-reactive ketones (excluding diaryl/α,β-unsaturated/α-hetero) is 1. The Morgan fingerprint density at radius 3 is 2.92 bits per heavy atom. The lowest BCUT2D eigenvalue weighted by molar-refractivity contribution is 0.102. The van der Waals surface area contributed by atoms with Crippen molar-refractivity contribution in [2.24, 2.45) is 0 Å². The van der Waals surface area contributed by atoms with Gasteiger partial charge in [-0.25, -0.2) is 9.97 Å². The van der Waals surface area contributed by atoms with Gasteiger partial charge < -0.3 is 5.11 Å². The van der Waals surface area contributed by atoms with Crippen molar-refractivity contribution in [2.45, 2.75) is 19.8 Å². The first-order valence-corrected chi connectivity index (χ1v) is 9.32. The van der Waals surface area contributed by atoms with Crippen LogP contribution in [0.1, 0.15) is 34.3 Å². The standard InChI is InChI=1S/C16H14FN3O3S2/c1-2-24-16(23)20-15-19-10-5-4-9(13(22)14(10)25-15)12(21)8-3-6-11(17)18-7-8/h3,6-7,21H,2,4-5H2,1H3,(H,19,20,23). The van der Waals surface area contributed by atoms with Crippen molar-refractivity contribution in [3.63, 3.8) is 0 Å². The largest absolute Gasteiger partial charge is 0.507 e. The van der Waals surface area contributed by atoms with E-state index in [1.807, 2.05) is 6.92 Å². The van der Waals surface area contributed by atoms with Gasteiger partial charge >= 0.3 is 0 Å². The van der Waals surface area contributed by atoms with Crippen LogP contribution in [0.25, 0.3) is 5.76 Å². The number of hydrogen-bond acceptors (Lipinski definition) is 7. The van der Waals surface area contributed by atoms with Crippen LogP contribution in [0.4, 0.5) is 14.3 Å². The van der Waals surface area contributed by atoms with Crippen LogP contribution in [-0.2, 0) is 6.42 Å². The Hall–Kier alpha value is -2.26. The number of aliphatic hydroxyl groups excluding tert-OH is 1. The number of amides is 1. The summed E-state index contributed by atoms with van der Waals surface area (Å²) in [6.07, 6.45) is 1.97. The van der Waals surface area contributed by atoms with Crippen LogP contribution in [0.5, 0.6) is 0 Å². The van der Waals surface area contributed by atoms with Crippen molar-refractivity contribution in [1.29, 1.82) is 0 Å². The van der Waals surface area contributed by atoms with Gasteiger partial charge in [-0.2, -0.15) is 4.39 Å². The van der Waals surface area contributed by atoms with Crippen LogP contribution < -0.4 is 5.32 Å². The SMILES string of the molecule is CCSC(=O)Nc1nc2c(s1)C(=O)C(=C(O)c1ccc(F)nc1)CC2. The summed E-state index contributed by atoms with van der Waals surface area (Å²) in [4.78, 5) is 32.5. The molecule has 6 nitrogen and oxygen atoms in total. The molecule has 0 spiro atoms. The van der Waals surface area contributed by atoms with Crippen molar-refractivity contribution < 1.29 is 19.1 Å². The van der Waals surface area contributed by atoms with Crippen molar-refractivity contribution in [1.82, 2.24) is 9.97 Å². The van der Waals surface area contributed by atoms with Gasteiger partial charge in [-0.15, -0.1) is 0 Å². The van der Waals surface area contributed by atoms with Gasteiger partial charge in [0.05, 0.1) is 5.69 Å². The number of thiazole rings is 1. The molecule has 130 valence electrons. The lowest BCUT2D eigenvalue weighted by Crippen LogP contribution is -2.14. The minimum atomic E-state index is -0.661. The van der Waals surface area contributed by atoms with Crippen LogP contribution in [0.15, 0.2) is 23.9 Å². The first-order chi connectivity index (χ1) is 12.0. The second-order valence-corrected chi connectivity index (χ2v) is 7.40. The smallest absolute Gasteiger partial charge is 0.285 e. The van der Waals surface area contributed by atoms with Crippen LogP contribution in [0, 0.1) is 5.95 Å². The summed E-state index contributed by atoms with van der Waals surface area (Å²) < 4.78 is 12.9. The third-order valence-electron chi connectivity index (χ3n) is 3.56. The van der Waals surface area contributed by atoms with E-state index < -0.39 is 5.95 Å². The number of aromatic nitrogens is 2. The van der Waals surface area contributed by atoms with E-state index in [-0.39, 0.29) is 27.9 Å². The zero-order chi connectivity index (χ0) is 18.0. The number of aliphatic hydroxyl groups is 1. The molecule has 1 aliphatic carbocycles. The Bertz CT molecular complexity index is 862. The van der Waals surface area contributed by atoms with Crippen molar-refractivity contribution in [3.05, 3.63) is 46.0 Å². The molecule has 0 fully saturated rings. The van der Waals surface area contributed by atoms with Crippen LogP contribution >= 0.6 is 23.1 Å². The fraction of sp³-hybridized carbons (Fsp3) is 0.250. The number of aryl methyl sites for hydroxylation is 1. The highest BCUT2D eigenvalue weighted by atomic mass is 32.2. The summed E-state index contributed by atoms with van der Waals surface area (Å²) in [5.74, 6) is -0.554. The molecule has 0 atom stereocenters. The molecule has 0 aliphatic heterocycles. The van der Waals surface area contributed by atoms with Crippen LogP contribution in [-0.4, -0.2) is 31.8 Å². The molecule has 9 heteroatoms. The first-order valence-electron chi connectivity index (χ1n) is 7.51. The lowest BCUT2D eigenvalue weighted by Gasteiger charge is -2.14. The number of nitrogens with one attached hydrogen (secondary N) is 1. The number of carbonyl (C=O) groups is 2. The predicted molar refractivity (Wildman–Crippen MR) is 95.7 cm³/mol. The Labute approximate surface area is 151 Å². The average molecular weight is 379 g/mol. The van der Waals surface area contributed by atoms with Crippen LogP contribution in [0.2, 0.25) is 0 Å². The normalized spacial score (nSPS) is 15.7. The highest BCUT2D eigenvalue weighted by molar-refractivity contribution is 8.13. The van der Waals surface area contributed by atoms with Gasteiger partial charge in [0.2, 0.25) is 11.7 Å². The summed E-state index contributed by atoms with van der Waals surface area (Å²) in [5, 5.41) is 13.2. The van der Waals surface area contributed by atoms with E-state index >= 15 is 0 Å². The lowest BCUT2D eigenvalue weighted by atomic mass is 9.93. The predicted octanol–water partition coefficient (Wildman–Crippen LogP) is 4.06. The first kappa shape index (κ1) is 17.6. The third-order valence-corrected chi connectivity index (χ3v) is 5.23. The van der Waals surface area contributed by atoms with Crippen molar-refractivity contribution in [2.75, 3.05) is 11.1 Å². The summed E-state index contributed by atoms with van der Waals surface area (Å²) in [6.45, 7) is 1.87. The van der Waals surface area contributed by atoms with Crippen molar-refractivity contribution >= 4 is 45.0 Å². The van der Waals surface area contributed by atoms with E-state index in [2.05, 4.69) is 15.3 Å². The minimum absolute atomic E-state index is 0.205. The number of nitrogens with zero attached hydrogens (tertiary/aromatic N) is 2. The fourth-order valence-corrected chi connectivity index (χ4v) is 3.89. The number of allylic oxidation sites excluding steroid dienone is 1. The van der Waals surface area contributed by atoms with E-state index in [9.17, 15) is 19.1 Å². The Morgan fingerprint density at radius 1 is 1.44 bits per heavy atom. The maximum atomic E-state index is 12.9. The quantitative estimate of drug-likeness (QED) is 0.475. The molecule has 3 rings (SSSR count). The molecule has 0 unspecified atom stereocenters. The minimum Gasteiger partial charge on any atom is -0.507 e. The van der Waals surface area contributed by atoms with Gasteiger partial charge in [-0.3, -0.25) is 14.9 Å². The molecule has 0 bridgehead atoms. The fourth-order valence-electron chi connectivity index (χ4n) is 2.42. The Morgan fingerprint density at radius 2 is 2.24 bits per heavy atom. The van der Waals surface area contributed by atoms with Crippen molar-refractivity contribution in [3.8, 4) is 0 Å². The Balaban J connectivity index is 1.88. The van der Waals surface area contributed by atoms with Gasteiger partial charge in [0, 0.05) is 17.3 Å².